The fraction of sp³-hybridized carbons (Fsp3) is 0.333. The van der Waals surface area contributed by atoms with Gasteiger partial charge in [0.05, 0.1) is 29.9 Å². The van der Waals surface area contributed by atoms with Gasteiger partial charge in [-0.2, -0.15) is 0 Å². The molecule has 1 aromatic heterocycles. The number of ether oxygens (including phenoxy) is 2. The molecule has 2 aliphatic rings. The molecule has 0 spiro atoms. The Balaban J connectivity index is 0.989. The molecule has 47 heavy (non-hydrogen) atoms. The van der Waals surface area contributed by atoms with Gasteiger partial charge in [-0.25, -0.2) is 23.5 Å². The molecule has 11 nitrogen and oxygen atoms in total. The lowest BCUT2D eigenvalue weighted by Crippen LogP contribution is -2.49. The first-order chi connectivity index (χ1) is 22.8. The highest BCUT2D eigenvalue weighted by Crippen LogP contribution is 2.35. The highest BCUT2D eigenvalue weighted by atomic mass is 35.5. The number of anilines is 3. The van der Waals surface area contributed by atoms with Gasteiger partial charge in [-0.3, -0.25) is 19.9 Å². The molecule has 0 radical (unpaired) electrons. The number of aromatic nitrogens is 2. The summed E-state index contributed by atoms with van der Waals surface area (Å²) in [6.07, 6.45) is 2.38. The summed E-state index contributed by atoms with van der Waals surface area (Å²) in [6.45, 7) is 5.53. The Morgan fingerprint density at radius 1 is 0.936 bits per heavy atom. The van der Waals surface area contributed by atoms with E-state index in [9.17, 15) is 18.4 Å². The number of fused-ring (bicyclic) bond motifs is 1. The third kappa shape index (κ3) is 7.70. The zero-order valence-electron chi connectivity index (χ0n) is 25.8. The Kier molecular flexibility index (Phi) is 9.95. The lowest BCUT2D eigenvalue weighted by molar-refractivity contribution is -0.120. The Labute approximate surface area is 275 Å². The average molecular weight is 666 g/mol. The van der Waals surface area contributed by atoms with Crippen molar-refractivity contribution < 1.29 is 27.8 Å². The van der Waals surface area contributed by atoms with E-state index < -0.39 is 17.7 Å². The summed E-state index contributed by atoms with van der Waals surface area (Å²) >= 11 is 5.95. The van der Waals surface area contributed by atoms with Gasteiger partial charge in [-0.15, -0.1) is 0 Å². The van der Waals surface area contributed by atoms with Crippen molar-refractivity contribution in [2.75, 3.05) is 63.2 Å². The number of nitrogens with zero attached hydrogens (tertiary/aromatic N) is 5. The highest BCUT2D eigenvalue weighted by Gasteiger charge is 2.26. The van der Waals surface area contributed by atoms with Crippen molar-refractivity contribution in [1.29, 1.82) is 0 Å². The maximum absolute atomic E-state index is 14.9. The summed E-state index contributed by atoms with van der Waals surface area (Å²) in [4.78, 5) is 38.1. The van der Waals surface area contributed by atoms with Crippen LogP contribution in [0.3, 0.4) is 0 Å². The third-order valence-electron chi connectivity index (χ3n) is 8.21. The Bertz CT molecular complexity index is 1790. The van der Waals surface area contributed by atoms with E-state index in [2.05, 4.69) is 30.4 Å². The van der Waals surface area contributed by atoms with Crippen molar-refractivity contribution in [3.05, 3.63) is 77.1 Å². The minimum atomic E-state index is -0.600. The molecule has 0 aliphatic carbocycles. The van der Waals surface area contributed by atoms with Crippen molar-refractivity contribution in [2.45, 2.75) is 19.4 Å². The summed E-state index contributed by atoms with van der Waals surface area (Å²) in [5, 5.41) is 6.12. The van der Waals surface area contributed by atoms with Gasteiger partial charge >= 0.3 is 6.03 Å². The van der Waals surface area contributed by atoms with Crippen LogP contribution >= 0.6 is 11.6 Å². The predicted molar refractivity (Wildman–Crippen MR) is 175 cm³/mol. The van der Waals surface area contributed by atoms with Crippen LogP contribution < -0.4 is 25.0 Å². The fourth-order valence-electron chi connectivity index (χ4n) is 5.71. The molecular formula is C33H34ClF2N7O4. The molecule has 0 atom stereocenters. The first-order valence-electron chi connectivity index (χ1n) is 15.3. The first-order valence-corrected chi connectivity index (χ1v) is 15.7. The van der Waals surface area contributed by atoms with Gasteiger partial charge in [0, 0.05) is 69.4 Å². The number of methoxy groups -OCH3 is 1. The van der Waals surface area contributed by atoms with Crippen molar-refractivity contribution in [1.82, 2.24) is 25.1 Å². The number of carbonyl (C=O) groups excluding carboxylic acids is 2. The molecule has 3 aromatic carbocycles. The lowest BCUT2D eigenvalue weighted by Gasteiger charge is -2.34. The molecular weight excluding hydrogens is 632 g/mol. The molecule has 2 fully saturated rings. The van der Waals surface area contributed by atoms with Crippen molar-refractivity contribution >= 4 is 51.6 Å². The molecule has 0 saturated carbocycles. The second-order valence-corrected chi connectivity index (χ2v) is 11.8. The summed E-state index contributed by atoms with van der Waals surface area (Å²) in [5.74, 6) is 0.305. The SMILES string of the molecule is COc1cc2ncnc(Nc3ccc(F)c(Cl)c3)c2cc1OCCCN1CCN(Cc2ccc(N3CCC(=O)NC3=O)c(F)c2)CC1. The van der Waals surface area contributed by atoms with Gasteiger partial charge in [0.25, 0.3) is 0 Å². The maximum Gasteiger partial charge on any atom is 0.328 e. The summed E-state index contributed by atoms with van der Waals surface area (Å²) in [6, 6.07) is 12.3. The van der Waals surface area contributed by atoms with E-state index in [1.807, 2.05) is 12.1 Å². The van der Waals surface area contributed by atoms with Crippen LogP contribution in [0.25, 0.3) is 10.9 Å². The fourth-order valence-corrected chi connectivity index (χ4v) is 5.89. The van der Waals surface area contributed by atoms with Crippen LogP contribution in [0.1, 0.15) is 18.4 Å². The van der Waals surface area contributed by atoms with Crippen LogP contribution in [0.2, 0.25) is 5.02 Å². The largest absolute Gasteiger partial charge is 0.493 e. The van der Waals surface area contributed by atoms with Gasteiger partial charge in [0.15, 0.2) is 11.5 Å². The van der Waals surface area contributed by atoms with Crippen LogP contribution in [0.4, 0.5) is 30.8 Å². The summed E-state index contributed by atoms with van der Waals surface area (Å²) in [7, 11) is 1.58. The highest BCUT2D eigenvalue weighted by molar-refractivity contribution is 6.31. The number of halogens is 3. The van der Waals surface area contributed by atoms with E-state index >= 15 is 0 Å². The number of benzene rings is 3. The maximum atomic E-state index is 14.9. The number of piperazine rings is 1. The van der Waals surface area contributed by atoms with E-state index in [0.29, 0.717) is 47.1 Å². The van der Waals surface area contributed by atoms with Crippen LogP contribution in [-0.4, -0.2) is 84.7 Å². The van der Waals surface area contributed by atoms with E-state index in [1.54, 1.807) is 25.3 Å². The Morgan fingerprint density at radius 2 is 1.74 bits per heavy atom. The number of nitrogens with one attached hydrogen (secondary N) is 2. The smallest absolute Gasteiger partial charge is 0.328 e. The number of rotatable bonds is 11. The molecule has 4 aromatic rings. The molecule has 14 heteroatoms. The number of carbonyl (C=O) groups is 2. The molecule has 3 amide bonds. The van der Waals surface area contributed by atoms with E-state index in [1.165, 1.54) is 29.4 Å². The second kappa shape index (κ2) is 14.4. The summed E-state index contributed by atoms with van der Waals surface area (Å²) < 4.78 is 40.2. The number of amides is 3. The summed E-state index contributed by atoms with van der Waals surface area (Å²) in [5.41, 5.74) is 2.25. The van der Waals surface area contributed by atoms with E-state index in [4.69, 9.17) is 21.1 Å². The minimum absolute atomic E-state index is 0.00712. The van der Waals surface area contributed by atoms with Gasteiger partial charge in [-0.1, -0.05) is 17.7 Å². The number of urea groups is 1. The second-order valence-electron chi connectivity index (χ2n) is 11.4. The molecule has 2 aliphatic heterocycles. The molecule has 3 heterocycles. The quantitative estimate of drug-likeness (QED) is 0.205. The molecule has 246 valence electrons. The van der Waals surface area contributed by atoms with Gasteiger partial charge in [0.2, 0.25) is 5.91 Å². The lowest BCUT2D eigenvalue weighted by atomic mass is 10.1. The van der Waals surface area contributed by atoms with Crippen LogP contribution in [0.15, 0.2) is 54.9 Å². The monoisotopic (exact) mass is 665 g/mol. The van der Waals surface area contributed by atoms with E-state index in [0.717, 1.165) is 44.7 Å². The van der Waals surface area contributed by atoms with Gasteiger partial charge in [-0.05, 0) is 48.4 Å². The van der Waals surface area contributed by atoms with Crippen LogP contribution in [-0.2, 0) is 11.3 Å². The normalized spacial score (nSPS) is 16.0. The average Bonchev–Trinajstić information content (AvgIpc) is 3.06. The topological polar surface area (TPSA) is 112 Å². The van der Waals surface area contributed by atoms with Crippen molar-refractivity contribution in [3.63, 3.8) is 0 Å². The van der Waals surface area contributed by atoms with Gasteiger partial charge < -0.3 is 19.7 Å². The first kappa shape index (κ1) is 32.4. The Morgan fingerprint density at radius 3 is 2.49 bits per heavy atom. The molecule has 2 N–H and O–H groups in total. The van der Waals surface area contributed by atoms with Crippen LogP contribution in [0, 0.1) is 11.6 Å². The number of hydrogen-bond donors (Lipinski definition) is 2. The number of hydrogen-bond acceptors (Lipinski definition) is 9. The third-order valence-corrected chi connectivity index (χ3v) is 8.50. The standard InChI is InChI=1S/C33H34ClF2N7O4/c1-46-29-18-27-23(32(38-20-37-27)39-22-4-5-25(35)24(34)16-22)17-30(29)47-14-2-8-41-10-12-42(13-11-41)19-21-3-6-28(26(36)15-21)43-9-7-31(44)40-33(43)45/h3-6,15-18,20H,2,7-14,19H2,1H3,(H,37,38,39)(H,40,44,45). The minimum Gasteiger partial charge on any atom is -0.493 e. The number of imide groups is 1. The molecule has 0 bridgehead atoms. The zero-order valence-corrected chi connectivity index (χ0v) is 26.5. The predicted octanol–water partition coefficient (Wildman–Crippen LogP) is 5.35. The molecule has 2 saturated heterocycles. The zero-order chi connectivity index (χ0) is 32.9. The van der Waals surface area contributed by atoms with E-state index in [-0.39, 0.29) is 29.6 Å². The Hall–Kier alpha value is -4.59. The van der Waals surface area contributed by atoms with Gasteiger partial charge in [0.1, 0.15) is 23.8 Å². The van der Waals surface area contributed by atoms with Crippen LogP contribution in [0.5, 0.6) is 11.5 Å². The van der Waals surface area contributed by atoms with Crippen molar-refractivity contribution in [3.8, 4) is 11.5 Å². The van der Waals surface area contributed by atoms with Crippen molar-refractivity contribution in [2.24, 2.45) is 0 Å². The molecule has 6 rings (SSSR count). The molecule has 0 unspecified atom stereocenters.